The third kappa shape index (κ3) is 6.14. The van der Waals surface area contributed by atoms with Crippen molar-refractivity contribution >= 4 is 69.8 Å². The first-order chi connectivity index (χ1) is 21.0. The molecule has 1 aliphatic heterocycles. The lowest BCUT2D eigenvalue weighted by atomic mass is 9.14. The van der Waals surface area contributed by atoms with Crippen molar-refractivity contribution in [2.45, 2.75) is 83.1 Å². The SMILES string of the molecule is Cc1cc(C)c(B(c2c(C)cc(C)cc2C)[B-](Br)(Br)C2=[N+](c3c(C)cc(C)cc3C)CCN2c2c(C)cc(C)cc2C)c(C)c1. The summed E-state index contributed by atoms with van der Waals surface area (Å²) >= 11 is 9.17. The molecular formula is C39H48B2Br2N2. The van der Waals surface area contributed by atoms with Gasteiger partial charge in [0.2, 0.25) is 3.68 Å². The highest BCUT2D eigenvalue weighted by Crippen LogP contribution is 2.39. The Labute approximate surface area is 289 Å². The molecule has 1 heterocycles. The number of nitrogens with zero attached hydrogens (tertiary/aromatic N) is 2. The summed E-state index contributed by atoms with van der Waals surface area (Å²) in [6.07, 6.45) is 0. The fraction of sp³-hybridized carbons (Fsp3) is 0.359. The van der Waals surface area contributed by atoms with Crippen LogP contribution in [0.1, 0.15) is 66.8 Å². The van der Waals surface area contributed by atoms with E-state index in [9.17, 15) is 0 Å². The first-order valence-electron chi connectivity index (χ1n) is 16.3. The summed E-state index contributed by atoms with van der Waals surface area (Å²) < 4.78 is 1.03. The zero-order chi connectivity index (χ0) is 33.1. The molecule has 0 saturated carbocycles. The Kier molecular flexibility index (Phi) is 9.44. The zero-order valence-electron chi connectivity index (χ0n) is 29.3. The van der Waals surface area contributed by atoms with Crippen LogP contribution in [0.3, 0.4) is 0 Å². The van der Waals surface area contributed by atoms with Crippen LogP contribution in [0, 0.1) is 83.1 Å². The molecule has 0 saturated heterocycles. The van der Waals surface area contributed by atoms with E-state index < -0.39 is 3.68 Å². The van der Waals surface area contributed by atoms with Crippen molar-refractivity contribution in [2.75, 3.05) is 18.0 Å². The summed E-state index contributed by atoms with van der Waals surface area (Å²) in [6.45, 7) is 29.0. The molecule has 0 amide bonds. The molecular weight excluding hydrogens is 678 g/mol. The Hall–Kier alpha value is -2.56. The van der Waals surface area contributed by atoms with Crippen molar-refractivity contribution in [3.8, 4) is 0 Å². The van der Waals surface area contributed by atoms with Gasteiger partial charge in [-0.25, -0.2) is 0 Å². The average Bonchev–Trinajstić information content (AvgIpc) is 3.30. The monoisotopic (exact) mass is 724 g/mol. The first-order valence-corrected chi connectivity index (χ1v) is 18.1. The fourth-order valence-corrected chi connectivity index (χ4v) is 10.8. The molecule has 0 fully saturated rings. The zero-order valence-corrected chi connectivity index (χ0v) is 32.5. The van der Waals surface area contributed by atoms with Gasteiger partial charge in [-0.15, -0.1) is 10.9 Å². The van der Waals surface area contributed by atoms with Crippen LogP contribution in [-0.4, -0.2) is 33.7 Å². The van der Waals surface area contributed by atoms with Gasteiger partial charge in [-0.2, -0.15) is 0 Å². The highest BCUT2D eigenvalue weighted by Gasteiger charge is 2.50. The van der Waals surface area contributed by atoms with E-state index in [1.54, 1.807) is 0 Å². The van der Waals surface area contributed by atoms with E-state index in [1.807, 2.05) is 0 Å². The van der Waals surface area contributed by atoms with Gasteiger partial charge < -0.3 is 31.5 Å². The minimum absolute atomic E-state index is 0.0569. The molecule has 4 aromatic carbocycles. The summed E-state index contributed by atoms with van der Waals surface area (Å²) in [7, 11) is 0. The average molecular weight is 726 g/mol. The Morgan fingerprint density at radius 2 is 0.867 bits per heavy atom. The maximum atomic E-state index is 4.58. The molecule has 1 aliphatic rings. The molecule has 0 N–H and O–H groups in total. The number of hydrogen-bond donors (Lipinski definition) is 0. The van der Waals surface area contributed by atoms with Gasteiger partial charge in [-0.1, -0.05) is 93.0 Å². The first kappa shape index (κ1) is 33.8. The quantitative estimate of drug-likeness (QED) is 0.142. The highest BCUT2D eigenvalue weighted by atomic mass is 79.9. The lowest BCUT2D eigenvalue weighted by Gasteiger charge is -2.41. The van der Waals surface area contributed by atoms with Gasteiger partial charge in [0.1, 0.15) is 24.5 Å². The lowest BCUT2D eigenvalue weighted by molar-refractivity contribution is -0.427. The molecule has 4 aromatic rings. The molecule has 234 valence electrons. The van der Waals surface area contributed by atoms with Gasteiger partial charge in [-0.3, -0.25) is 9.48 Å². The minimum atomic E-state index is -1.59. The van der Waals surface area contributed by atoms with Crippen molar-refractivity contribution in [1.29, 1.82) is 0 Å². The Morgan fingerprint density at radius 1 is 0.533 bits per heavy atom. The van der Waals surface area contributed by atoms with Gasteiger partial charge in [-0.05, 0) is 105 Å². The third-order valence-electron chi connectivity index (χ3n) is 9.77. The molecule has 0 spiro atoms. The number of amidine groups is 1. The van der Waals surface area contributed by atoms with Gasteiger partial charge in [0, 0.05) is 0 Å². The number of hydrogen-bond acceptors (Lipinski definition) is 1. The predicted octanol–water partition coefficient (Wildman–Crippen LogP) is 9.11. The van der Waals surface area contributed by atoms with Crippen molar-refractivity contribution in [1.82, 2.24) is 0 Å². The summed E-state index contributed by atoms with van der Waals surface area (Å²) in [4.78, 5) is 2.62. The van der Waals surface area contributed by atoms with Gasteiger partial charge in [0.25, 0.3) is 0 Å². The molecule has 6 heteroatoms. The number of rotatable bonds is 6. The number of halogens is 2. The van der Waals surface area contributed by atoms with Crippen LogP contribution in [0.4, 0.5) is 11.4 Å². The van der Waals surface area contributed by atoms with Crippen molar-refractivity contribution < 1.29 is 4.58 Å². The highest BCUT2D eigenvalue weighted by molar-refractivity contribution is 9.54. The van der Waals surface area contributed by atoms with Gasteiger partial charge in [0.05, 0.1) is 12.3 Å². The van der Waals surface area contributed by atoms with Crippen molar-refractivity contribution in [2.24, 2.45) is 0 Å². The van der Waals surface area contributed by atoms with Gasteiger partial charge >= 0.3 is 0 Å². The van der Waals surface area contributed by atoms with Gasteiger partial charge in [0.15, 0.2) is 0 Å². The second-order valence-corrected chi connectivity index (χ2v) is 18.1. The smallest absolute Gasteiger partial charge is 0.230 e. The molecule has 0 aromatic heterocycles. The van der Waals surface area contributed by atoms with Crippen molar-refractivity contribution in [3.63, 3.8) is 0 Å². The Morgan fingerprint density at radius 3 is 1.24 bits per heavy atom. The fourth-order valence-electron chi connectivity index (χ4n) is 8.71. The van der Waals surface area contributed by atoms with Crippen LogP contribution in [0.2, 0.25) is 0 Å². The van der Waals surface area contributed by atoms with Crippen molar-refractivity contribution in [3.05, 3.63) is 115 Å². The van der Waals surface area contributed by atoms with E-state index in [1.165, 1.54) is 94.8 Å². The normalized spacial score (nSPS) is 13.7. The standard InChI is InChI=1S/C39H48B2Br2N2/c1-23-15-27(5)35(28(6)16-23)40(36-29(7)17-24(2)18-30(36)8)41(42,43)39-44(37-31(9)19-25(3)20-32(37)10)13-14-45(39)38-33(11)21-26(4)22-34(38)12/h15-22H,13-14H2,1-12H3. The van der Waals surface area contributed by atoms with Crippen LogP contribution in [0.5, 0.6) is 0 Å². The number of benzene rings is 4. The molecule has 0 bridgehead atoms. The number of anilines is 1. The molecule has 0 aliphatic carbocycles. The summed E-state index contributed by atoms with van der Waals surface area (Å²) in [6, 6.07) is 18.8. The van der Waals surface area contributed by atoms with E-state index >= 15 is 0 Å². The Balaban J connectivity index is 1.93. The molecule has 5 rings (SSSR count). The largest absolute Gasteiger partial charge is 0.333 e. The lowest BCUT2D eigenvalue weighted by Crippen LogP contribution is -2.67. The van der Waals surface area contributed by atoms with E-state index in [4.69, 9.17) is 0 Å². The minimum Gasteiger partial charge on any atom is -0.333 e. The van der Waals surface area contributed by atoms with E-state index in [0.717, 1.165) is 13.1 Å². The van der Waals surface area contributed by atoms with Crippen LogP contribution in [0.25, 0.3) is 0 Å². The maximum absolute atomic E-state index is 4.58. The molecule has 2 nitrogen and oxygen atoms in total. The second kappa shape index (κ2) is 12.6. The second-order valence-electron chi connectivity index (χ2n) is 14.0. The van der Waals surface area contributed by atoms with Crippen LogP contribution in [-0.2, 0) is 0 Å². The molecule has 0 unspecified atom stereocenters. The summed E-state index contributed by atoms with van der Waals surface area (Å²) in [5.74, 6) is 0. The van der Waals surface area contributed by atoms with E-state index in [-0.39, 0.29) is 6.60 Å². The summed E-state index contributed by atoms with van der Waals surface area (Å²) in [5, 5.41) is 0. The van der Waals surface area contributed by atoms with E-state index in [2.05, 4.69) is 173 Å². The topological polar surface area (TPSA) is 6.25 Å². The third-order valence-corrected chi connectivity index (χ3v) is 11.6. The number of aryl methyl sites for hydroxylation is 12. The molecule has 0 radical (unpaired) electrons. The maximum Gasteiger partial charge on any atom is 0.230 e. The Bertz CT molecular complexity index is 1720. The van der Waals surface area contributed by atoms with Crippen LogP contribution < -0.4 is 15.8 Å². The van der Waals surface area contributed by atoms with E-state index in [0.29, 0.717) is 0 Å². The summed E-state index contributed by atoms with van der Waals surface area (Å²) in [5.41, 5.74) is 22.6. The molecule has 0 atom stereocenters. The van der Waals surface area contributed by atoms with Crippen LogP contribution in [0.15, 0.2) is 48.5 Å². The molecule has 45 heavy (non-hydrogen) atoms. The van der Waals surface area contributed by atoms with Crippen LogP contribution >= 0.6 is 31.5 Å². The predicted molar refractivity (Wildman–Crippen MR) is 208 cm³/mol.